The summed E-state index contributed by atoms with van der Waals surface area (Å²) < 4.78 is 1.01. The minimum atomic E-state index is 0.148. The highest BCUT2D eigenvalue weighted by Gasteiger charge is 2.25. The first-order chi connectivity index (χ1) is 15.4. The van der Waals surface area contributed by atoms with Gasteiger partial charge in [-0.2, -0.15) is 0 Å². The van der Waals surface area contributed by atoms with Gasteiger partial charge in [0.1, 0.15) is 0 Å². The van der Waals surface area contributed by atoms with Crippen molar-refractivity contribution in [3.8, 4) is 0 Å². The van der Waals surface area contributed by atoms with Crippen LogP contribution < -0.4 is 0 Å². The molecule has 0 aliphatic carbocycles. The number of amides is 2. The molecule has 2 aliphatic heterocycles. The molecule has 2 fully saturated rings. The number of piperidine rings is 1. The third-order valence-electron chi connectivity index (χ3n) is 6.41. The van der Waals surface area contributed by atoms with Crippen LogP contribution >= 0.6 is 15.9 Å². The topological polar surface area (TPSA) is 43.9 Å². The van der Waals surface area contributed by atoms with E-state index in [1.165, 1.54) is 5.56 Å². The van der Waals surface area contributed by atoms with Gasteiger partial charge in [0.25, 0.3) is 11.8 Å². The molecule has 2 aliphatic rings. The molecule has 4 rings (SSSR count). The molecule has 2 amide bonds. The Kier molecular flexibility index (Phi) is 8.88. The van der Waals surface area contributed by atoms with E-state index < -0.39 is 0 Å². The van der Waals surface area contributed by atoms with Gasteiger partial charge >= 0.3 is 0 Å². The fourth-order valence-corrected chi connectivity index (χ4v) is 4.25. The van der Waals surface area contributed by atoms with E-state index in [1.54, 1.807) is 0 Å². The van der Waals surface area contributed by atoms with Gasteiger partial charge in [0.2, 0.25) is 0 Å². The molecule has 0 atom stereocenters. The molecule has 2 heterocycles. The molecule has 0 spiro atoms. The summed E-state index contributed by atoms with van der Waals surface area (Å²) in [4.78, 5) is 30.3. The van der Waals surface area contributed by atoms with Crippen LogP contribution in [-0.4, -0.2) is 72.3 Å². The normalized spacial score (nSPS) is 16.6. The maximum absolute atomic E-state index is 12.4. The Hall–Kier alpha value is -2.18. The van der Waals surface area contributed by atoms with Gasteiger partial charge in [0.05, 0.1) is 0 Å². The predicted octanol–water partition coefficient (Wildman–Crippen LogP) is 4.85. The van der Waals surface area contributed by atoms with Crippen molar-refractivity contribution in [2.75, 3.05) is 39.8 Å². The number of rotatable bonds is 4. The number of benzene rings is 2. The maximum atomic E-state index is 12.4. The Labute approximate surface area is 200 Å². The van der Waals surface area contributed by atoms with Crippen LogP contribution in [0, 0.1) is 6.92 Å². The van der Waals surface area contributed by atoms with Gasteiger partial charge in [0.15, 0.2) is 0 Å². The molecule has 0 aromatic heterocycles. The van der Waals surface area contributed by atoms with Crippen LogP contribution in [0.25, 0.3) is 0 Å². The number of nitrogens with zero attached hydrogens (tertiary/aromatic N) is 3. The van der Waals surface area contributed by atoms with E-state index in [9.17, 15) is 9.59 Å². The lowest BCUT2D eigenvalue weighted by molar-refractivity contribution is 0.0642. The smallest absolute Gasteiger partial charge is 0.253 e. The summed E-state index contributed by atoms with van der Waals surface area (Å²) in [6.07, 6.45) is 3.31. The second-order valence-corrected chi connectivity index (χ2v) is 9.52. The third kappa shape index (κ3) is 6.42. The van der Waals surface area contributed by atoms with Crippen molar-refractivity contribution >= 4 is 27.7 Å². The van der Waals surface area contributed by atoms with Crippen molar-refractivity contribution in [3.63, 3.8) is 0 Å². The number of aryl methyl sites for hydroxylation is 1. The first-order valence-electron chi connectivity index (χ1n) is 11.5. The van der Waals surface area contributed by atoms with E-state index in [0.29, 0.717) is 6.04 Å². The lowest BCUT2D eigenvalue weighted by atomic mass is 10.0. The highest BCUT2D eigenvalue weighted by atomic mass is 79.9. The average molecular weight is 500 g/mol. The van der Waals surface area contributed by atoms with Gasteiger partial charge in [-0.1, -0.05) is 40.5 Å². The Morgan fingerprint density at radius 3 is 2.00 bits per heavy atom. The van der Waals surface area contributed by atoms with Crippen LogP contribution in [0.1, 0.15) is 52.5 Å². The molecule has 0 radical (unpaired) electrons. The van der Waals surface area contributed by atoms with E-state index in [4.69, 9.17) is 0 Å². The van der Waals surface area contributed by atoms with Gasteiger partial charge in [-0.05, 0) is 69.1 Å². The molecule has 5 nitrogen and oxygen atoms in total. The highest BCUT2D eigenvalue weighted by molar-refractivity contribution is 9.10. The molecule has 0 saturated carbocycles. The van der Waals surface area contributed by atoms with Gasteiger partial charge in [0, 0.05) is 54.9 Å². The van der Waals surface area contributed by atoms with Gasteiger partial charge < -0.3 is 14.7 Å². The second kappa shape index (κ2) is 11.6. The summed E-state index contributed by atoms with van der Waals surface area (Å²) in [5.74, 6) is 0.300. The molecule has 32 heavy (non-hydrogen) atoms. The Morgan fingerprint density at radius 2 is 1.50 bits per heavy atom. The molecule has 2 aromatic carbocycles. The second-order valence-electron chi connectivity index (χ2n) is 8.60. The first-order valence-corrected chi connectivity index (χ1v) is 12.3. The minimum absolute atomic E-state index is 0.148. The van der Waals surface area contributed by atoms with E-state index in [0.717, 1.165) is 67.6 Å². The Morgan fingerprint density at radius 1 is 0.938 bits per heavy atom. The molecule has 2 aromatic rings. The number of likely N-dealkylation sites (tertiary alicyclic amines) is 2. The average Bonchev–Trinajstić information content (AvgIpc) is 2.78. The van der Waals surface area contributed by atoms with E-state index >= 15 is 0 Å². The third-order valence-corrected chi connectivity index (χ3v) is 6.93. The molecular weight excluding hydrogens is 466 g/mol. The standard InChI is InChI=1S/C16H24N2O.C10H10BrNO/c1-4-18-11-9-15(10-12-18)17(3)16(19)14-7-5-13(2)6-8-14;11-9-4-2-8(3-5-9)10(13)12-6-1-7-12/h5-8,15H,4,9-12H2,1-3H3;2-5H,1,6-7H2. The van der Waals surface area contributed by atoms with Crippen molar-refractivity contribution in [3.05, 3.63) is 69.7 Å². The zero-order chi connectivity index (χ0) is 23.1. The number of carbonyl (C=O) groups is 2. The Balaban J connectivity index is 0.000000193. The van der Waals surface area contributed by atoms with Crippen LogP contribution in [0.15, 0.2) is 53.0 Å². The molecule has 2 saturated heterocycles. The predicted molar refractivity (Wildman–Crippen MR) is 133 cm³/mol. The number of hydrogen-bond acceptors (Lipinski definition) is 3. The minimum Gasteiger partial charge on any atom is -0.339 e. The monoisotopic (exact) mass is 499 g/mol. The number of halogens is 1. The van der Waals surface area contributed by atoms with Crippen molar-refractivity contribution < 1.29 is 9.59 Å². The van der Waals surface area contributed by atoms with Crippen molar-refractivity contribution in [1.29, 1.82) is 0 Å². The van der Waals surface area contributed by atoms with Crippen LogP contribution in [0.3, 0.4) is 0 Å². The van der Waals surface area contributed by atoms with E-state index in [2.05, 4.69) is 27.8 Å². The van der Waals surface area contributed by atoms with Crippen LogP contribution in [-0.2, 0) is 0 Å². The summed E-state index contributed by atoms with van der Waals surface area (Å²) >= 11 is 3.34. The largest absolute Gasteiger partial charge is 0.339 e. The molecule has 6 heteroatoms. The van der Waals surface area contributed by atoms with Crippen LogP contribution in [0.5, 0.6) is 0 Å². The van der Waals surface area contributed by atoms with Crippen molar-refractivity contribution in [1.82, 2.24) is 14.7 Å². The molecular formula is C26H34BrN3O2. The fourth-order valence-electron chi connectivity index (χ4n) is 3.98. The highest BCUT2D eigenvalue weighted by Crippen LogP contribution is 2.18. The summed E-state index contributed by atoms with van der Waals surface area (Å²) in [5, 5.41) is 0. The summed E-state index contributed by atoms with van der Waals surface area (Å²) in [6.45, 7) is 9.38. The summed E-state index contributed by atoms with van der Waals surface area (Å²) in [5.41, 5.74) is 2.77. The number of carbonyl (C=O) groups excluding carboxylic acids is 2. The lowest BCUT2D eigenvalue weighted by Gasteiger charge is -2.36. The van der Waals surface area contributed by atoms with E-state index in [1.807, 2.05) is 72.3 Å². The maximum Gasteiger partial charge on any atom is 0.253 e. The van der Waals surface area contributed by atoms with Crippen LogP contribution in [0.2, 0.25) is 0 Å². The summed E-state index contributed by atoms with van der Waals surface area (Å²) in [7, 11) is 1.94. The first kappa shape index (κ1) is 24.5. The van der Waals surface area contributed by atoms with Crippen molar-refractivity contribution in [2.24, 2.45) is 0 Å². The molecule has 0 N–H and O–H groups in total. The fraction of sp³-hybridized carbons (Fsp3) is 0.462. The van der Waals surface area contributed by atoms with Gasteiger partial charge in [-0.15, -0.1) is 0 Å². The zero-order valence-corrected chi connectivity index (χ0v) is 21.0. The quantitative estimate of drug-likeness (QED) is 0.603. The molecule has 172 valence electrons. The summed E-state index contributed by atoms with van der Waals surface area (Å²) in [6, 6.07) is 15.7. The SMILES string of the molecule is CCN1CCC(N(C)C(=O)c2ccc(C)cc2)CC1.O=C(c1ccc(Br)cc1)N1CCC1. The lowest BCUT2D eigenvalue weighted by Crippen LogP contribution is -2.45. The van der Waals surface area contributed by atoms with E-state index in [-0.39, 0.29) is 11.8 Å². The number of hydrogen-bond donors (Lipinski definition) is 0. The van der Waals surface area contributed by atoms with Gasteiger partial charge in [-0.3, -0.25) is 9.59 Å². The molecule has 0 unspecified atom stereocenters. The Bertz CT molecular complexity index is 886. The van der Waals surface area contributed by atoms with Gasteiger partial charge in [-0.25, -0.2) is 0 Å². The molecule has 0 bridgehead atoms. The van der Waals surface area contributed by atoms with Crippen LogP contribution in [0.4, 0.5) is 0 Å². The zero-order valence-electron chi connectivity index (χ0n) is 19.4. The van der Waals surface area contributed by atoms with Crippen molar-refractivity contribution in [2.45, 2.75) is 39.2 Å².